The van der Waals surface area contributed by atoms with Crippen LogP contribution in [0.5, 0.6) is 0 Å². The summed E-state index contributed by atoms with van der Waals surface area (Å²) < 4.78 is 0. The molecule has 3 amide bonds. The summed E-state index contributed by atoms with van der Waals surface area (Å²) in [6.45, 7) is 5.92. The summed E-state index contributed by atoms with van der Waals surface area (Å²) in [5, 5.41) is 5.19. The van der Waals surface area contributed by atoms with E-state index in [9.17, 15) is 14.4 Å². The Hall–Kier alpha value is -3.52. The molecule has 0 spiro atoms. The van der Waals surface area contributed by atoms with E-state index in [0.717, 1.165) is 11.1 Å². The molecule has 0 unspecified atom stereocenters. The van der Waals surface area contributed by atoms with Crippen molar-refractivity contribution < 1.29 is 14.4 Å². The molecule has 0 aliphatic carbocycles. The largest absolute Gasteiger partial charge is 0.326 e. The molecule has 7 nitrogen and oxygen atoms in total. The van der Waals surface area contributed by atoms with E-state index in [2.05, 4.69) is 21.5 Å². The lowest BCUT2D eigenvalue weighted by molar-refractivity contribution is -0.117. The summed E-state index contributed by atoms with van der Waals surface area (Å²) in [7, 11) is 0. The lowest BCUT2D eigenvalue weighted by Crippen LogP contribution is -2.48. The quantitative estimate of drug-likeness (QED) is 0.315. The van der Waals surface area contributed by atoms with Crippen LogP contribution in [0.4, 0.5) is 5.69 Å². The van der Waals surface area contributed by atoms with Gasteiger partial charge in [0.05, 0.1) is 0 Å². The first kappa shape index (κ1) is 23.8. The minimum absolute atomic E-state index is 0.0375. The molecule has 0 bridgehead atoms. The highest BCUT2D eigenvalue weighted by Crippen LogP contribution is 2.11. The molecule has 162 valence electrons. The Morgan fingerprint density at radius 3 is 2.23 bits per heavy atom. The molecule has 0 saturated carbocycles. The number of benzene rings is 2. The Balaban J connectivity index is 1.78. The molecule has 0 fully saturated rings. The number of carbonyl (C=O) groups is 3. The van der Waals surface area contributed by atoms with Gasteiger partial charge in [-0.15, -0.1) is 0 Å². The van der Waals surface area contributed by atoms with Gasteiger partial charge in [0.15, 0.2) is 5.11 Å². The van der Waals surface area contributed by atoms with E-state index in [4.69, 9.17) is 12.2 Å². The standard InChI is InChI=1S/C23H26N4O3S/c1-15(2)14-21(29)24-19-11-9-18(10-12-19)22(30)26-27-23(31)25-20(28)13-8-17-6-4-16(3)5-7-17/h4-13,15H,14H2,1-3H3,(H,24,29)(H,26,30)(H2,25,27,28,31). The highest BCUT2D eigenvalue weighted by Gasteiger charge is 2.09. The Labute approximate surface area is 187 Å². The molecule has 2 rings (SSSR count). The molecular formula is C23H26N4O3S. The molecular weight excluding hydrogens is 412 g/mol. The average molecular weight is 439 g/mol. The van der Waals surface area contributed by atoms with Crippen molar-refractivity contribution in [3.05, 3.63) is 71.3 Å². The van der Waals surface area contributed by atoms with Gasteiger partial charge in [0, 0.05) is 23.7 Å². The second kappa shape index (κ2) is 11.6. The monoisotopic (exact) mass is 438 g/mol. The third-order valence-corrected chi connectivity index (χ3v) is 4.26. The Bertz CT molecular complexity index is 967. The number of carbonyl (C=O) groups excluding carboxylic acids is 3. The molecule has 4 N–H and O–H groups in total. The maximum absolute atomic E-state index is 12.2. The third-order valence-electron chi connectivity index (χ3n) is 4.06. The Kier molecular flexibility index (Phi) is 8.90. The van der Waals surface area contributed by atoms with Crippen molar-refractivity contribution in [1.29, 1.82) is 0 Å². The molecule has 0 aliphatic rings. The Morgan fingerprint density at radius 1 is 0.968 bits per heavy atom. The van der Waals surface area contributed by atoms with Crippen molar-refractivity contribution in [2.45, 2.75) is 27.2 Å². The van der Waals surface area contributed by atoms with E-state index < -0.39 is 11.8 Å². The summed E-state index contributed by atoms with van der Waals surface area (Å²) in [4.78, 5) is 35.9. The molecule has 31 heavy (non-hydrogen) atoms. The predicted molar refractivity (Wildman–Crippen MR) is 126 cm³/mol. The van der Waals surface area contributed by atoms with Gasteiger partial charge in [0.25, 0.3) is 5.91 Å². The predicted octanol–water partition coefficient (Wildman–Crippen LogP) is 3.33. The fourth-order valence-electron chi connectivity index (χ4n) is 2.51. The van der Waals surface area contributed by atoms with Gasteiger partial charge >= 0.3 is 0 Å². The van der Waals surface area contributed by atoms with Crippen molar-refractivity contribution in [3.8, 4) is 0 Å². The topological polar surface area (TPSA) is 99.3 Å². The number of thiocarbonyl (C=S) groups is 1. The average Bonchev–Trinajstić information content (AvgIpc) is 2.71. The fourth-order valence-corrected chi connectivity index (χ4v) is 2.66. The molecule has 2 aromatic rings. The van der Waals surface area contributed by atoms with Gasteiger partial charge < -0.3 is 5.32 Å². The van der Waals surface area contributed by atoms with Crippen LogP contribution in [0, 0.1) is 12.8 Å². The first-order chi connectivity index (χ1) is 14.7. The lowest BCUT2D eigenvalue weighted by Gasteiger charge is -2.11. The molecule has 0 atom stereocenters. The minimum Gasteiger partial charge on any atom is -0.326 e. The van der Waals surface area contributed by atoms with E-state index in [-0.39, 0.29) is 16.9 Å². The second-order valence-corrected chi connectivity index (χ2v) is 7.77. The van der Waals surface area contributed by atoms with E-state index >= 15 is 0 Å². The van der Waals surface area contributed by atoms with Crippen LogP contribution in [0.2, 0.25) is 0 Å². The number of hydrogen-bond acceptors (Lipinski definition) is 4. The molecule has 8 heteroatoms. The van der Waals surface area contributed by atoms with Crippen molar-refractivity contribution in [2.24, 2.45) is 5.92 Å². The van der Waals surface area contributed by atoms with E-state index in [1.54, 1.807) is 30.3 Å². The van der Waals surface area contributed by atoms with Crippen molar-refractivity contribution in [1.82, 2.24) is 16.2 Å². The van der Waals surface area contributed by atoms with Crippen molar-refractivity contribution in [2.75, 3.05) is 5.32 Å². The second-order valence-electron chi connectivity index (χ2n) is 7.37. The van der Waals surface area contributed by atoms with E-state index in [1.807, 2.05) is 45.0 Å². The molecule has 0 heterocycles. The first-order valence-electron chi connectivity index (χ1n) is 9.79. The van der Waals surface area contributed by atoms with E-state index in [0.29, 0.717) is 17.7 Å². The summed E-state index contributed by atoms with van der Waals surface area (Å²) in [5.41, 5.74) is 7.89. The van der Waals surface area contributed by atoms with Crippen LogP contribution in [-0.4, -0.2) is 22.8 Å². The van der Waals surface area contributed by atoms with Crippen molar-refractivity contribution >= 4 is 46.8 Å². The smallest absolute Gasteiger partial charge is 0.269 e. The van der Waals surface area contributed by atoms with Crippen LogP contribution in [0.25, 0.3) is 6.08 Å². The molecule has 0 aliphatic heterocycles. The summed E-state index contributed by atoms with van der Waals surface area (Å²) in [6, 6.07) is 14.1. The maximum atomic E-state index is 12.2. The van der Waals surface area contributed by atoms with Gasteiger partial charge in [0.1, 0.15) is 0 Å². The number of rotatable bonds is 6. The zero-order chi connectivity index (χ0) is 22.8. The normalized spacial score (nSPS) is 10.6. The van der Waals surface area contributed by atoms with Gasteiger partial charge in [-0.25, -0.2) is 0 Å². The summed E-state index contributed by atoms with van der Waals surface area (Å²) in [5.74, 6) is -0.675. The van der Waals surface area contributed by atoms with Crippen LogP contribution in [0.3, 0.4) is 0 Å². The van der Waals surface area contributed by atoms with Crippen LogP contribution in [0.1, 0.15) is 41.8 Å². The van der Waals surface area contributed by atoms with Crippen LogP contribution < -0.4 is 21.5 Å². The third kappa shape index (κ3) is 8.79. The van der Waals surface area contributed by atoms with Gasteiger partial charge in [-0.1, -0.05) is 43.7 Å². The number of hydrazine groups is 1. The SMILES string of the molecule is Cc1ccc(C=CC(=O)NC(=S)NNC(=O)c2ccc(NC(=O)CC(C)C)cc2)cc1. The number of hydrogen-bond donors (Lipinski definition) is 4. The van der Waals surface area contributed by atoms with Gasteiger partial charge in [0.2, 0.25) is 11.8 Å². The lowest BCUT2D eigenvalue weighted by atomic mass is 10.1. The molecule has 0 aromatic heterocycles. The van der Waals surface area contributed by atoms with Gasteiger partial charge in [-0.2, -0.15) is 0 Å². The highest BCUT2D eigenvalue weighted by molar-refractivity contribution is 7.80. The number of aryl methyl sites for hydroxylation is 1. The molecule has 0 radical (unpaired) electrons. The summed E-state index contributed by atoms with van der Waals surface area (Å²) in [6.07, 6.45) is 3.44. The van der Waals surface area contributed by atoms with Crippen LogP contribution >= 0.6 is 12.2 Å². The number of anilines is 1. The van der Waals surface area contributed by atoms with Crippen LogP contribution in [0.15, 0.2) is 54.6 Å². The fraction of sp³-hybridized carbons (Fsp3) is 0.217. The van der Waals surface area contributed by atoms with Crippen molar-refractivity contribution in [3.63, 3.8) is 0 Å². The Morgan fingerprint density at radius 2 is 1.61 bits per heavy atom. The zero-order valence-corrected chi connectivity index (χ0v) is 18.5. The highest BCUT2D eigenvalue weighted by atomic mass is 32.1. The van der Waals surface area contributed by atoms with E-state index in [1.165, 1.54) is 6.08 Å². The van der Waals surface area contributed by atoms with Gasteiger partial charge in [-0.05, 0) is 61.0 Å². The van der Waals surface area contributed by atoms with Gasteiger partial charge in [-0.3, -0.25) is 30.6 Å². The summed E-state index contributed by atoms with van der Waals surface area (Å²) >= 11 is 5.01. The molecule has 2 aromatic carbocycles. The molecule has 0 saturated heterocycles. The van der Waals surface area contributed by atoms with Crippen LogP contribution in [-0.2, 0) is 9.59 Å². The minimum atomic E-state index is -0.438. The number of amides is 3. The number of nitrogens with one attached hydrogen (secondary N) is 4. The maximum Gasteiger partial charge on any atom is 0.269 e. The zero-order valence-electron chi connectivity index (χ0n) is 17.7. The first-order valence-corrected chi connectivity index (χ1v) is 10.2.